The van der Waals surface area contributed by atoms with Crippen LogP contribution in [0.2, 0.25) is 0 Å². The van der Waals surface area contributed by atoms with Crippen molar-refractivity contribution in [3.8, 4) is 6.07 Å². The molecule has 3 N–H and O–H groups in total. The zero-order valence-corrected chi connectivity index (χ0v) is 22.9. The largest absolute Gasteiger partial charge is 0.390 e. The first-order valence-electron chi connectivity index (χ1n) is 13.4. The number of piperidine rings is 1. The van der Waals surface area contributed by atoms with Crippen molar-refractivity contribution in [3.05, 3.63) is 51.9 Å². The maximum absolute atomic E-state index is 13.3. The quantitative estimate of drug-likeness (QED) is 0.389. The van der Waals surface area contributed by atoms with Crippen LogP contribution in [-0.2, 0) is 0 Å². The number of anilines is 2. The third kappa shape index (κ3) is 5.46. The number of amides is 1. The van der Waals surface area contributed by atoms with Crippen molar-refractivity contribution in [2.45, 2.75) is 71.9 Å². The molecule has 202 valence electrons. The molecule has 1 unspecified atom stereocenters. The van der Waals surface area contributed by atoms with Gasteiger partial charge in [0.2, 0.25) is 0 Å². The molecule has 2 aromatic heterocycles. The summed E-state index contributed by atoms with van der Waals surface area (Å²) in [6.07, 6.45) is 4.33. The molecule has 3 aromatic rings. The van der Waals surface area contributed by atoms with Crippen LogP contribution < -0.4 is 10.9 Å². The first-order chi connectivity index (χ1) is 18.0. The minimum Gasteiger partial charge on any atom is -0.390 e. The Kier molecular flexibility index (Phi) is 7.93. The second-order valence-electron chi connectivity index (χ2n) is 11.1. The highest BCUT2D eigenvalue weighted by atomic mass is 16.3. The first kappa shape index (κ1) is 27.4. The van der Waals surface area contributed by atoms with Crippen LogP contribution in [0.5, 0.6) is 0 Å². The van der Waals surface area contributed by atoms with Gasteiger partial charge in [-0.25, -0.2) is 0 Å². The molecule has 1 amide bonds. The summed E-state index contributed by atoms with van der Waals surface area (Å²) in [6.45, 7) is 11.0. The topological polar surface area (TPSA) is 127 Å². The number of pyridine rings is 1. The maximum atomic E-state index is 13.3. The molecular formula is C29H38N6O3. The van der Waals surface area contributed by atoms with Gasteiger partial charge < -0.3 is 20.3 Å². The molecule has 9 heteroatoms. The van der Waals surface area contributed by atoms with E-state index in [-0.39, 0.29) is 29.3 Å². The Bertz CT molecular complexity index is 1400. The zero-order chi connectivity index (χ0) is 27.6. The highest BCUT2D eigenvalue weighted by Gasteiger charge is 2.32. The van der Waals surface area contributed by atoms with Gasteiger partial charge in [-0.3, -0.25) is 14.3 Å². The highest BCUT2D eigenvalue weighted by molar-refractivity contribution is 5.96. The lowest BCUT2D eigenvalue weighted by atomic mass is 9.83. The van der Waals surface area contributed by atoms with Crippen molar-refractivity contribution >= 4 is 28.3 Å². The van der Waals surface area contributed by atoms with Crippen LogP contribution in [0.25, 0.3) is 10.9 Å². The number of hydrogen-bond acceptors (Lipinski definition) is 6. The van der Waals surface area contributed by atoms with Crippen LogP contribution in [0, 0.1) is 30.1 Å². The molecule has 0 bridgehead atoms. The number of H-pyrrole nitrogens is 1. The van der Waals surface area contributed by atoms with E-state index in [0.29, 0.717) is 41.8 Å². The Balaban J connectivity index is 1.60. The Hall–Kier alpha value is -3.64. The van der Waals surface area contributed by atoms with E-state index in [4.69, 9.17) is 5.10 Å². The summed E-state index contributed by atoms with van der Waals surface area (Å²) in [6, 6.07) is 9.44. The van der Waals surface area contributed by atoms with Crippen molar-refractivity contribution in [3.63, 3.8) is 0 Å². The summed E-state index contributed by atoms with van der Waals surface area (Å²) < 4.78 is 1.80. The standard InChI is InChI=1S/C29H38N6O3/c1-6-18(2)23(9-13-30)35-24-10-14-31-27(36)25(24)26(33-35)32-21-7-8-22(19(3)17-21)28(37)34-15-11-20(12-16-34)29(4,5)38/h7-8,10,14,17-18,20,23,38H,6,9,11-12,15-16H2,1-5H3,(H,31,36)(H,32,33)/t18?,23-/m0/s1. The fraction of sp³-hybridized carbons (Fsp3) is 0.517. The predicted octanol–water partition coefficient (Wildman–Crippen LogP) is 4.90. The average Bonchev–Trinajstić information content (AvgIpc) is 3.25. The molecule has 0 saturated carbocycles. The number of aromatic nitrogens is 3. The first-order valence-corrected chi connectivity index (χ1v) is 13.4. The molecule has 1 fully saturated rings. The predicted molar refractivity (Wildman–Crippen MR) is 148 cm³/mol. The van der Waals surface area contributed by atoms with Gasteiger partial charge in [0.15, 0.2) is 5.82 Å². The number of benzene rings is 1. The number of nitriles is 1. The van der Waals surface area contributed by atoms with Crippen LogP contribution in [0.3, 0.4) is 0 Å². The molecule has 1 saturated heterocycles. The Labute approximate surface area is 223 Å². The molecule has 9 nitrogen and oxygen atoms in total. The molecule has 1 aliphatic heterocycles. The van der Waals surface area contributed by atoms with Gasteiger partial charge in [0.05, 0.1) is 29.6 Å². The number of nitrogens with zero attached hydrogens (tertiary/aromatic N) is 4. The normalized spacial score (nSPS) is 16.3. The van der Waals surface area contributed by atoms with Gasteiger partial charge in [0.25, 0.3) is 11.5 Å². The smallest absolute Gasteiger partial charge is 0.261 e. The lowest BCUT2D eigenvalue weighted by Gasteiger charge is -2.38. The van der Waals surface area contributed by atoms with E-state index in [1.165, 1.54) is 0 Å². The Morgan fingerprint density at radius 1 is 1.32 bits per heavy atom. The number of aryl methyl sites for hydroxylation is 1. The maximum Gasteiger partial charge on any atom is 0.261 e. The molecule has 0 aliphatic carbocycles. The number of likely N-dealkylation sites (tertiary alicyclic amines) is 1. The van der Waals surface area contributed by atoms with E-state index in [1.807, 2.05) is 49.9 Å². The van der Waals surface area contributed by atoms with Gasteiger partial charge in [-0.1, -0.05) is 20.3 Å². The van der Waals surface area contributed by atoms with Crippen LogP contribution in [0.1, 0.15) is 75.3 Å². The van der Waals surface area contributed by atoms with E-state index in [9.17, 15) is 20.0 Å². The van der Waals surface area contributed by atoms with Crippen molar-refractivity contribution in [1.29, 1.82) is 5.26 Å². The van der Waals surface area contributed by atoms with Gasteiger partial charge in [0, 0.05) is 30.5 Å². The lowest BCUT2D eigenvalue weighted by molar-refractivity contribution is -0.0108. The number of carbonyl (C=O) groups excluding carboxylic acids is 1. The SMILES string of the molecule is CCC(C)[C@H](CC#N)n1nc(Nc2ccc(C(=O)N3CCC(C(C)(C)O)CC3)c(C)c2)c2c(=O)[nH]ccc21. The van der Waals surface area contributed by atoms with Gasteiger partial charge >= 0.3 is 0 Å². The average molecular weight is 519 g/mol. The molecular weight excluding hydrogens is 480 g/mol. The summed E-state index contributed by atoms with van der Waals surface area (Å²) in [5.41, 5.74) is 1.86. The summed E-state index contributed by atoms with van der Waals surface area (Å²) >= 11 is 0. The number of aromatic amines is 1. The number of hydrogen-bond donors (Lipinski definition) is 3. The monoisotopic (exact) mass is 518 g/mol. The van der Waals surface area contributed by atoms with E-state index in [0.717, 1.165) is 30.5 Å². The van der Waals surface area contributed by atoms with Gasteiger partial charge in [0.1, 0.15) is 5.39 Å². The van der Waals surface area contributed by atoms with Crippen LogP contribution in [-0.4, -0.2) is 49.4 Å². The van der Waals surface area contributed by atoms with Gasteiger partial charge in [-0.05, 0) is 75.3 Å². The summed E-state index contributed by atoms with van der Waals surface area (Å²) in [5, 5.41) is 28.2. The van der Waals surface area contributed by atoms with E-state index < -0.39 is 5.60 Å². The van der Waals surface area contributed by atoms with Gasteiger partial charge in [-0.15, -0.1) is 0 Å². The molecule has 38 heavy (non-hydrogen) atoms. The summed E-state index contributed by atoms with van der Waals surface area (Å²) in [5.74, 6) is 0.790. The number of nitrogens with one attached hydrogen (secondary N) is 2. The van der Waals surface area contributed by atoms with Crippen LogP contribution in [0.4, 0.5) is 11.5 Å². The summed E-state index contributed by atoms with van der Waals surface area (Å²) in [4.78, 5) is 30.7. The summed E-state index contributed by atoms with van der Waals surface area (Å²) in [7, 11) is 0. The van der Waals surface area contributed by atoms with E-state index >= 15 is 0 Å². The zero-order valence-electron chi connectivity index (χ0n) is 22.9. The third-order valence-electron chi connectivity index (χ3n) is 8.05. The molecule has 2 atom stereocenters. The third-order valence-corrected chi connectivity index (χ3v) is 8.05. The second-order valence-corrected chi connectivity index (χ2v) is 11.1. The fourth-order valence-electron chi connectivity index (χ4n) is 5.41. The lowest BCUT2D eigenvalue weighted by Crippen LogP contribution is -2.44. The van der Waals surface area contributed by atoms with Crippen LogP contribution >= 0.6 is 0 Å². The van der Waals surface area contributed by atoms with Crippen molar-refractivity contribution < 1.29 is 9.90 Å². The number of carbonyl (C=O) groups is 1. The van der Waals surface area contributed by atoms with Gasteiger partial charge in [-0.2, -0.15) is 10.4 Å². The Morgan fingerprint density at radius 3 is 2.63 bits per heavy atom. The molecule has 0 spiro atoms. The van der Waals surface area contributed by atoms with Crippen molar-refractivity contribution in [1.82, 2.24) is 19.7 Å². The molecule has 4 rings (SSSR count). The number of rotatable bonds is 8. The molecule has 1 aromatic carbocycles. The van der Waals surface area contributed by atoms with E-state index in [1.54, 1.807) is 10.9 Å². The fourth-order valence-corrected chi connectivity index (χ4v) is 5.41. The van der Waals surface area contributed by atoms with Crippen molar-refractivity contribution in [2.75, 3.05) is 18.4 Å². The minimum atomic E-state index is -0.736. The molecule has 1 aliphatic rings. The number of aliphatic hydroxyl groups is 1. The number of fused-ring (bicyclic) bond motifs is 1. The highest BCUT2D eigenvalue weighted by Crippen LogP contribution is 2.32. The molecule has 0 radical (unpaired) electrons. The van der Waals surface area contributed by atoms with E-state index in [2.05, 4.69) is 30.2 Å². The minimum absolute atomic E-state index is 0.0117. The second kappa shape index (κ2) is 11.0. The molecule has 3 heterocycles. The van der Waals surface area contributed by atoms with Crippen molar-refractivity contribution in [2.24, 2.45) is 11.8 Å². The van der Waals surface area contributed by atoms with Crippen LogP contribution in [0.15, 0.2) is 35.3 Å². The Morgan fingerprint density at radius 2 is 2.03 bits per heavy atom.